The summed E-state index contributed by atoms with van der Waals surface area (Å²) in [5, 5.41) is 2.88. The summed E-state index contributed by atoms with van der Waals surface area (Å²) in [4.78, 5) is 44.0. The van der Waals surface area contributed by atoms with Crippen LogP contribution in [0.4, 0.5) is 0 Å². The lowest BCUT2D eigenvalue weighted by atomic mass is 10.1. The predicted octanol–water partition coefficient (Wildman–Crippen LogP) is 4.60. The third-order valence-electron chi connectivity index (χ3n) is 6.11. The van der Waals surface area contributed by atoms with Crippen LogP contribution in [0.2, 0.25) is 0 Å². The third-order valence-corrected chi connectivity index (χ3v) is 7.15. The Labute approximate surface area is 219 Å². The number of para-hydroxylation sites is 1. The maximum atomic E-state index is 13.6. The lowest BCUT2D eigenvalue weighted by Gasteiger charge is -2.22. The standard InChI is InChI=1S/C29H29N3O4S/c1-4-23(27(34)30-22(28(35)36-3)18-20-10-6-5-7-11-20)32-24-12-8-9-13-25(24)37-29(32)31-26(33)21-16-14-19(2)15-17-21/h5-17,22-23H,4,18H2,1-3H3,(H,30,34)/t22-,23?/m1/s1. The van der Waals surface area contributed by atoms with Crippen molar-refractivity contribution in [2.45, 2.75) is 38.8 Å². The normalized spacial score (nSPS) is 13.2. The summed E-state index contributed by atoms with van der Waals surface area (Å²) < 4.78 is 7.66. The molecule has 190 valence electrons. The van der Waals surface area contributed by atoms with Crippen molar-refractivity contribution < 1.29 is 19.1 Å². The average molecular weight is 516 g/mol. The number of nitrogens with zero attached hydrogens (tertiary/aromatic N) is 2. The smallest absolute Gasteiger partial charge is 0.328 e. The van der Waals surface area contributed by atoms with Gasteiger partial charge in [0, 0.05) is 12.0 Å². The number of nitrogens with one attached hydrogen (secondary N) is 1. The minimum Gasteiger partial charge on any atom is -0.467 e. The van der Waals surface area contributed by atoms with Crippen molar-refractivity contribution in [2.24, 2.45) is 4.99 Å². The number of benzene rings is 3. The molecular weight excluding hydrogens is 486 g/mol. The van der Waals surface area contributed by atoms with E-state index in [1.165, 1.54) is 18.4 Å². The topological polar surface area (TPSA) is 89.8 Å². The van der Waals surface area contributed by atoms with Crippen molar-refractivity contribution >= 4 is 39.3 Å². The molecular formula is C29H29N3O4S. The highest BCUT2D eigenvalue weighted by Gasteiger charge is 2.28. The van der Waals surface area contributed by atoms with Gasteiger partial charge < -0.3 is 14.6 Å². The fourth-order valence-electron chi connectivity index (χ4n) is 4.16. The van der Waals surface area contributed by atoms with Crippen molar-refractivity contribution in [3.8, 4) is 0 Å². The van der Waals surface area contributed by atoms with Gasteiger partial charge >= 0.3 is 5.97 Å². The highest BCUT2D eigenvalue weighted by molar-refractivity contribution is 7.16. The van der Waals surface area contributed by atoms with Crippen LogP contribution < -0.4 is 10.1 Å². The number of amides is 2. The molecule has 0 spiro atoms. The molecule has 7 nitrogen and oxygen atoms in total. The number of hydrogen-bond acceptors (Lipinski definition) is 5. The molecule has 37 heavy (non-hydrogen) atoms. The SMILES string of the molecule is CCC(C(=O)N[C@H](Cc1ccccc1)C(=O)OC)n1c(=NC(=O)c2ccc(C)cc2)sc2ccccc21. The molecule has 4 aromatic rings. The number of methoxy groups -OCH3 is 1. The van der Waals surface area contributed by atoms with Crippen LogP contribution in [0.15, 0.2) is 83.9 Å². The Morgan fingerprint density at radius 2 is 1.65 bits per heavy atom. The van der Waals surface area contributed by atoms with Crippen LogP contribution in [-0.2, 0) is 20.7 Å². The summed E-state index contributed by atoms with van der Waals surface area (Å²) in [6, 6.07) is 22.7. The van der Waals surface area contributed by atoms with Crippen LogP contribution in [0.1, 0.15) is 40.9 Å². The number of aryl methyl sites for hydroxylation is 1. The van der Waals surface area contributed by atoms with E-state index in [1.54, 1.807) is 16.7 Å². The predicted molar refractivity (Wildman–Crippen MR) is 144 cm³/mol. The van der Waals surface area contributed by atoms with Crippen LogP contribution in [0, 0.1) is 6.92 Å². The van der Waals surface area contributed by atoms with Gasteiger partial charge in [0.2, 0.25) is 5.91 Å². The minimum atomic E-state index is -0.853. The van der Waals surface area contributed by atoms with Gasteiger partial charge in [-0.05, 0) is 43.2 Å². The quantitative estimate of drug-likeness (QED) is 0.347. The van der Waals surface area contributed by atoms with Crippen LogP contribution in [0.25, 0.3) is 10.2 Å². The van der Waals surface area contributed by atoms with Crippen molar-refractivity contribution in [3.05, 3.63) is 100 Å². The number of carbonyl (C=O) groups is 3. The molecule has 0 aliphatic heterocycles. The van der Waals surface area contributed by atoms with Gasteiger partial charge in [-0.25, -0.2) is 4.79 Å². The van der Waals surface area contributed by atoms with E-state index in [2.05, 4.69) is 10.3 Å². The van der Waals surface area contributed by atoms with Crippen molar-refractivity contribution in [1.29, 1.82) is 0 Å². The van der Waals surface area contributed by atoms with E-state index in [0.29, 0.717) is 23.2 Å². The lowest BCUT2D eigenvalue weighted by molar-refractivity contribution is -0.145. The molecule has 0 bridgehead atoms. The van der Waals surface area contributed by atoms with Crippen LogP contribution in [0.3, 0.4) is 0 Å². The summed E-state index contributed by atoms with van der Waals surface area (Å²) in [7, 11) is 1.30. The van der Waals surface area contributed by atoms with Crippen molar-refractivity contribution in [1.82, 2.24) is 9.88 Å². The molecule has 0 saturated carbocycles. The van der Waals surface area contributed by atoms with Gasteiger partial charge in [-0.3, -0.25) is 9.59 Å². The second kappa shape index (κ2) is 11.8. The monoisotopic (exact) mass is 515 g/mol. The Morgan fingerprint density at radius 3 is 2.32 bits per heavy atom. The average Bonchev–Trinajstić information content (AvgIpc) is 3.26. The van der Waals surface area contributed by atoms with Gasteiger partial charge in [-0.1, -0.05) is 78.4 Å². The largest absolute Gasteiger partial charge is 0.467 e. The maximum Gasteiger partial charge on any atom is 0.328 e. The Morgan fingerprint density at radius 1 is 0.973 bits per heavy atom. The first kappa shape index (κ1) is 26.0. The van der Waals surface area contributed by atoms with Gasteiger partial charge in [-0.15, -0.1) is 0 Å². The number of rotatable bonds is 8. The summed E-state index contributed by atoms with van der Waals surface area (Å²) in [6.07, 6.45) is 0.728. The summed E-state index contributed by atoms with van der Waals surface area (Å²) >= 11 is 1.35. The molecule has 8 heteroatoms. The molecule has 1 N–H and O–H groups in total. The molecule has 1 heterocycles. The number of thiazole rings is 1. The van der Waals surface area contributed by atoms with E-state index in [9.17, 15) is 14.4 Å². The summed E-state index contributed by atoms with van der Waals surface area (Å²) in [5.74, 6) is -1.25. The Balaban J connectivity index is 1.71. The van der Waals surface area contributed by atoms with Crippen molar-refractivity contribution in [2.75, 3.05) is 7.11 Å². The molecule has 1 aromatic heterocycles. The zero-order valence-corrected chi connectivity index (χ0v) is 21.8. The third kappa shape index (κ3) is 6.03. The molecule has 3 aromatic carbocycles. The fraction of sp³-hybridized carbons (Fsp3) is 0.241. The van der Waals surface area contributed by atoms with Crippen molar-refractivity contribution in [3.63, 3.8) is 0 Å². The zero-order valence-electron chi connectivity index (χ0n) is 21.0. The number of esters is 1. The second-order valence-electron chi connectivity index (χ2n) is 8.70. The number of hydrogen-bond donors (Lipinski definition) is 1. The van der Waals surface area contributed by atoms with Gasteiger partial charge in [-0.2, -0.15) is 4.99 Å². The van der Waals surface area contributed by atoms with E-state index in [0.717, 1.165) is 21.3 Å². The Hall–Kier alpha value is -4.04. The fourth-order valence-corrected chi connectivity index (χ4v) is 5.22. The van der Waals surface area contributed by atoms with Gasteiger partial charge in [0.15, 0.2) is 4.80 Å². The molecule has 0 aliphatic carbocycles. The van der Waals surface area contributed by atoms with Crippen LogP contribution in [-0.4, -0.2) is 35.5 Å². The number of fused-ring (bicyclic) bond motifs is 1. The lowest BCUT2D eigenvalue weighted by Crippen LogP contribution is -2.46. The van der Waals surface area contributed by atoms with Gasteiger partial charge in [0.25, 0.3) is 5.91 Å². The zero-order chi connectivity index (χ0) is 26.4. The molecule has 0 aliphatic rings. The molecule has 0 radical (unpaired) electrons. The summed E-state index contributed by atoms with van der Waals surface area (Å²) in [6.45, 7) is 3.84. The maximum absolute atomic E-state index is 13.6. The molecule has 0 fully saturated rings. The van der Waals surface area contributed by atoms with Gasteiger partial charge in [0.1, 0.15) is 12.1 Å². The van der Waals surface area contributed by atoms with E-state index in [1.807, 2.05) is 80.6 Å². The number of carbonyl (C=O) groups excluding carboxylic acids is 3. The van der Waals surface area contributed by atoms with Crippen LogP contribution in [0.5, 0.6) is 0 Å². The van der Waals surface area contributed by atoms with E-state index in [-0.39, 0.29) is 11.8 Å². The minimum absolute atomic E-state index is 0.299. The summed E-state index contributed by atoms with van der Waals surface area (Å²) in [5.41, 5.74) is 3.22. The van der Waals surface area contributed by atoms with E-state index in [4.69, 9.17) is 4.74 Å². The van der Waals surface area contributed by atoms with Crippen LogP contribution >= 0.6 is 11.3 Å². The highest BCUT2D eigenvalue weighted by Crippen LogP contribution is 2.23. The first-order valence-corrected chi connectivity index (χ1v) is 12.9. The molecule has 2 amide bonds. The molecule has 4 rings (SSSR count). The Kier molecular flexibility index (Phi) is 8.30. The van der Waals surface area contributed by atoms with Gasteiger partial charge in [0.05, 0.1) is 17.3 Å². The first-order valence-electron chi connectivity index (χ1n) is 12.1. The number of aromatic nitrogens is 1. The number of ether oxygens (including phenoxy) is 1. The molecule has 1 unspecified atom stereocenters. The molecule has 0 saturated heterocycles. The Bertz CT molecular complexity index is 1470. The second-order valence-corrected chi connectivity index (χ2v) is 9.71. The van der Waals surface area contributed by atoms with E-state index < -0.39 is 18.1 Å². The van der Waals surface area contributed by atoms with E-state index >= 15 is 0 Å². The highest BCUT2D eigenvalue weighted by atomic mass is 32.1. The molecule has 2 atom stereocenters. The first-order chi connectivity index (χ1) is 17.9.